The average Bonchev–Trinajstić information content (AvgIpc) is 3.23. The van der Waals surface area contributed by atoms with Crippen LogP contribution in [-0.4, -0.2) is 53.1 Å². The number of benzene rings is 2. The standard InChI is InChI=1S/C26H26N6O3/c1-17-6-7-21(29-26(34)19-4-3-5-22(12-19)31-8-10-35-11-9-31)13-23(17)30-25-24-18(2)20(15-33)14-32(24)28-16-27-25/h3-7,12-16H,8-11H2,1-2H3,(H,29,34)(H,27,28,30). The van der Waals surface area contributed by atoms with Crippen LogP contribution in [0.15, 0.2) is 55.0 Å². The van der Waals surface area contributed by atoms with E-state index >= 15 is 0 Å². The van der Waals surface area contributed by atoms with E-state index in [1.54, 1.807) is 10.7 Å². The summed E-state index contributed by atoms with van der Waals surface area (Å²) in [5.41, 5.74) is 6.11. The number of carbonyl (C=O) groups is 2. The molecule has 0 unspecified atom stereocenters. The third-order valence-electron chi connectivity index (χ3n) is 6.23. The number of anilines is 4. The molecule has 2 aromatic carbocycles. The van der Waals surface area contributed by atoms with Gasteiger partial charge in [-0.15, -0.1) is 0 Å². The van der Waals surface area contributed by atoms with Gasteiger partial charge in [0.2, 0.25) is 0 Å². The van der Waals surface area contributed by atoms with Crippen LogP contribution in [0.1, 0.15) is 31.8 Å². The summed E-state index contributed by atoms with van der Waals surface area (Å²) in [5.74, 6) is 0.396. The van der Waals surface area contributed by atoms with E-state index in [4.69, 9.17) is 4.74 Å². The summed E-state index contributed by atoms with van der Waals surface area (Å²) < 4.78 is 7.06. The maximum absolute atomic E-state index is 13.0. The Morgan fingerprint density at radius 1 is 1.11 bits per heavy atom. The molecule has 0 saturated carbocycles. The number of amides is 1. The number of aromatic nitrogens is 3. The Bertz CT molecular complexity index is 1410. The molecule has 1 saturated heterocycles. The summed E-state index contributed by atoms with van der Waals surface area (Å²) in [6, 6.07) is 13.3. The number of nitrogens with one attached hydrogen (secondary N) is 2. The second kappa shape index (κ2) is 9.55. The lowest BCUT2D eigenvalue weighted by atomic mass is 10.1. The summed E-state index contributed by atoms with van der Waals surface area (Å²) >= 11 is 0. The van der Waals surface area contributed by atoms with Gasteiger partial charge in [-0.3, -0.25) is 9.59 Å². The second-order valence-corrected chi connectivity index (χ2v) is 8.49. The molecular formula is C26H26N6O3. The van der Waals surface area contributed by atoms with Crippen molar-refractivity contribution in [2.75, 3.05) is 41.8 Å². The Morgan fingerprint density at radius 2 is 1.94 bits per heavy atom. The molecule has 2 aromatic heterocycles. The van der Waals surface area contributed by atoms with Crippen LogP contribution in [-0.2, 0) is 4.74 Å². The van der Waals surface area contributed by atoms with Gasteiger partial charge in [0.15, 0.2) is 12.1 Å². The van der Waals surface area contributed by atoms with E-state index in [1.165, 1.54) is 6.33 Å². The van der Waals surface area contributed by atoms with Crippen LogP contribution in [0.5, 0.6) is 0 Å². The first-order valence-corrected chi connectivity index (χ1v) is 11.4. The van der Waals surface area contributed by atoms with Crippen LogP contribution < -0.4 is 15.5 Å². The molecule has 9 nitrogen and oxygen atoms in total. The molecule has 0 atom stereocenters. The normalized spacial score (nSPS) is 13.6. The van der Waals surface area contributed by atoms with Gasteiger partial charge in [0.05, 0.1) is 13.2 Å². The highest BCUT2D eigenvalue weighted by atomic mass is 16.5. The first-order valence-electron chi connectivity index (χ1n) is 11.4. The van der Waals surface area contributed by atoms with Crippen LogP contribution in [0.4, 0.5) is 22.9 Å². The van der Waals surface area contributed by atoms with Gasteiger partial charge in [-0.2, -0.15) is 5.10 Å². The monoisotopic (exact) mass is 470 g/mol. The number of aryl methyl sites for hydroxylation is 2. The fourth-order valence-electron chi connectivity index (χ4n) is 4.22. The molecule has 9 heteroatoms. The van der Waals surface area contributed by atoms with E-state index < -0.39 is 0 Å². The van der Waals surface area contributed by atoms with Gasteiger partial charge in [0.25, 0.3) is 5.91 Å². The molecule has 1 amide bonds. The Kier molecular flexibility index (Phi) is 6.15. The zero-order chi connectivity index (χ0) is 24.4. The van der Waals surface area contributed by atoms with Gasteiger partial charge in [-0.1, -0.05) is 12.1 Å². The van der Waals surface area contributed by atoms with E-state index in [9.17, 15) is 9.59 Å². The fourth-order valence-corrected chi connectivity index (χ4v) is 4.22. The predicted octanol–water partition coefficient (Wildman–Crippen LogP) is 3.99. The molecule has 3 heterocycles. The first-order chi connectivity index (χ1) is 17.0. The minimum atomic E-state index is -0.183. The Hall–Kier alpha value is -4.24. The molecular weight excluding hydrogens is 444 g/mol. The molecule has 1 fully saturated rings. The van der Waals surface area contributed by atoms with Gasteiger partial charge >= 0.3 is 0 Å². The predicted molar refractivity (Wildman–Crippen MR) is 135 cm³/mol. The van der Waals surface area contributed by atoms with Crippen molar-refractivity contribution in [3.05, 3.63) is 77.2 Å². The van der Waals surface area contributed by atoms with E-state index in [1.807, 2.05) is 56.3 Å². The lowest BCUT2D eigenvalue weighted by Gasteiger charge is -2.29. The molecule has 1 aliphatic rings. The lowest BCUT2D eigenvalue weighted by molar-refractivity contribution is 0.102. The van der Waals surface area contributed by atoms with Gasteiger partial charge in [-0.05, 0) is 55.3 Å². The Labute approximate surface area is 202 Å². The molecule has 0 radical (unpaired) electrons. The molecule has 0 aliphatic carbocycles. The molecule has 4 aromatic rings. The molecule has 178 valence electrons. The van der Waals surface area contributed by atoms with Gasteiger partial charge < -0.3 is 20.3 Å². The maximum atomic E-state index is 13.0. The number of hydrogen-bond donors (Lipinski definition) is 2. The smallest absolute Gasteiger partial charge is 0.255 e. The van der Waals surface area contributed by atoms with E-state index in [-0.39, 0.29) is 5.91 Å². The van der Waals surface area contributed by atoms with E-state index in [2.05, 4.69) is 25.6 Å². The quantitative estimate of drug-likeness (QED) is 0.411. The van der Waals surface area contributed by atoms with Crippen molar-refractivity contribution in [1.29, 1.82) is 0 Å². The highest BCUT2D eigenvalue weighted by molar-refractivity contribution is 6.05. The van der Waals surface area contributed by atoms with E-state index in [0.29, 0.717) is 35.8 Å². The molecule has 2 N–H and O–H groups in total. The maximum Gasteiger partial charge on any atom is 0.255 e. The summed E-state index contributed by atoms with van der Waals surface area (Å²) in [6.07, 6.45) is 3.92. The van der Waals surface area contributed by atoms with Crippen molar-refractivity contribution >= 4 is 40.6 Å². The number of aldehydes is 1. The SMILES string of the molecule is Cc1ccc(NC(=O)c2cccc(N3CCOCC3)c2)cc1Nc1ncnn2cc(C=O)c(C)c12. The van der Waals surface area contributed by atoms with Gasteiger partial charge in [0.1, 0.15) is 11.8 Å². The minimum absolute atomic E-state index is 0.183. The number of ether oxygens (including phenoxy) is 1. The number of fused-ring (bicyclic) bond motifs is 1. The number of carbonyl (C=O) groups excluding carboxylic acids is 2. The topological polar surface area (TPSA) is 101 Å². The van der Waals surface area contributed by atoms with E-state index in [0.717, 1.165) is 47.4 Å². The molecule has 5 rings (SSSR count). The van der Waals surface area contributed by atoms with Gasteiger partial charge in [0, 0.05) is 47.5 Å². The number of hydrogen-bond acceptors (Lipinski definition) is 7. The second-order valence-electron chi connectivity index (χ2n) is 8.49. The van der Waals surface area contributed by atoms with Crippen LogP contribution in [0, 0.1) is 13.8 Å². The number of nitrogens with zero attached hydrogens (tertiary/aromatic N) is 4. The van der Waals surface area contributed by atoms with Crippen molar-refractivity contribution in [1.82, 2.24) is 14.6 Å². The fraction of sp³-hybridized carbons (Fsp3) is 0.231. The van der Waals surface area contributed by atoms with Crippen LogP contribution in [0.3, 0.4) is 0 Å². The highest BCUT2D eigenvalue weighted by Crippen LogP contribution is 2.28. The van der Waals surface area contributed by atoms with Crippen molar-refractivity contribution in [2.45, 2.75) is 13.8 Å². The average molecular weight is 471 g/mol. The Balaban J connectivity index is 1.38. The first kappa shape index (κ1) is 22.5. The number of morpholine rings is 1. The molecule has 35 heavy (non-hydrogen) atoms. The third-order valence-corrected chi connectivity index (χ3v) is 6.23. The van der Waals surface area contributed by atoms with Crippen LogP contribution in [0.25, 0.3) is 5.52 Å². The molecule has 0 bridgehead atoms. The van der Waals surface area contributed by atoms with Crippen molar-refractivity contribution in [3.63, 3.8) is 0 Å². The largest absolute Gasteiger partial charge is 0.378 e. The summed E-state index contributed by atoms with van der Waals surface area (Å²) in [4.78, 5) is 31.0. The lowest BCUT2D eigenvalue weighted by Crippen LogP contribution is -2.36. The van der Waals surface area contributed by atoms with Crippen molar-refractivity contribution in [2.24, 2.45) is 0 Å². The number of rotatable bonds is 6. The van der Waals surface area contributed by atoms with Crippen molar-refractivity contribution < 1.29 is 14.3 Å². The zero-order valence-electron chi connectivity index (χ0n) is 19.6. The summed E-state index contributed by atoms with van der Waals surface area (Å²) in [6.45, 7) is 6.83. The summed E-state index contributed by atoms with van der Waals surface area (Å²) in [7, 11) is 0. The van der Waals surface area contributed by atoms with Gasteiger partial charge in [-0.25, -0.2) is 9.50 Å². The Morgan fingerprint density at radius 3 is 2.74 bits per heavy atom. The zero-order valence-corrected chi connectivity index (χ0v) is 19.6. The summed E-state index contributed by atoms with van der Waals surface area (Å²) in [5, 5.41) is 10.5. The van der Waals surface area contributed by atoms with Crippen LogP contribution >= 0.6 is 0 Å². The molecule has 0 spiro atoms. The minimum Gasteiger partial charge on any atom is -0.378 e. The molecule has 1 aliphatic heterocycles. The third kappa shape index (κ3) is 4.58. The highest BCUT2D eigenvalue weighted by Gasteiger charge is 2.16. The van der Waals surface area contributed by atoms with Crippen molar-refractivity contribution in [3.8, 4) is 0 Å². The van der Waals surface area contributed by atoms with Crippen LogP contribution in [0.2, 0.25) is 0 Å².